The van der Waals surface area contributed by atoms with Crippen molar-refractivity contribution in [1.82, 2.24) is 24.1 Å². The van der Waals surface area contributed by atoms with Gasteiger partial charge in [0.25, 0.3) is 5.91 Å². The first-order valence-electron chi connectivity index (χ1n) is 8.25. The van der Waals surface area contributed by atoms with Gasteiger partial charge in [-0.05, 0) is 32.2 Å². The summed E-state index contributed by atoms with van der Waals surface area (Å²) in [5, 5.41) is 10.8. The molecule has 9 nitrogen and oxygen atoms in total. The predicted octanol–water partition coefficient (Wildman–Crippen LogP) is 1.46. The molecule has 3 aromatic rings. The first-order chi connectivity index (χ1) is 12.9. The summed E-state index contributed by atoms with van der Waals surface area (Å²) in [6, 6.07) is 8.57. The van der Waals surface area contributed by atoms with Gasteiger partial charge >= 0.3 is 0 Å². The van der Waals surface area contributed by atoms with E-state index in [4.69, 9.17) is 0 Å². The third kappa shape index (κ3) is 3.76. The third-order valence-electron chi connectivity index (χ3n) is 4.13. The Morgan fingerprint density at radius 2 is 2.04 bits per heavy atom. The van der Waals surface area contributed by atoms with E-state index in [1.54, 1.807) is 25.5 Å². The standard InChI is InChI=1S/C17H20N6O3S/c1-4-23-11-19-21-16(23)12-6-5-7-13(8-12)20-17(24)15-9-14(10-22(15)3)27(25,26)18-2/h5-11,18H,4H2,1-3H3,(H,20,24). The maximum absolute atomic E-state index is 12.6. The van der Waals surface area contributed by atoms with E-state index in [2.05, 4.69) is 20.2 Å². The summed E-state index contributed by atoms with van der Waals surface area (Å²) in [4.78, 5) is 12.6. The number of benzene rings is 1. The monoisotopic (exact) mass is 388 g/mol. The van der Waals surface area contributed by atoms with Crippen molar-refractivity contribution >= 4 is 21.6 Å². The first kappa shape index (κ1) is 18.8. The van der Waals surface area contributed by atoms with Gasteiger partial charge in [-0.25, -0.2) is 13.1 Å². The molecule has 0 bridgehead atoms. The number of nitrogens with zero attached hydrogens (tertiary/aromatic N) is 4. The molecule has 142 valence electrons. The molecule has 2 aromatic heterocycles. The van der Waals surface area contributed by atoms with Crippen molar-refractivity contribution in [2.24, 2.45) is 7.05 Å². The molecule has 1 amide bonds. The highest BCUT2D eigenvalue weighted by molar-refractivity contribution is 7.89. The number of hydrogen-bond donors (Lipinski definition) is 2. The zero-order valence-electron chi connectivity index (χ0n) is 15.2. The molecule has 10 heteroatoms. The summed E-state index contributed by atoms with van der Waals surface area (Å²) in [5.41, 5.74) is 1.62. The molecular weight excluding hydrogens is 368 g/mol. The van der Waals surface area contributed by atoms with E-state index in [9.17, 15) is 13.2 Å². The number of aryl methyl sites for hydroxylation is 2. The number of aromatic nitrogens is 4. The average molecular weight is 388 g/mol. The van der Waals surface area contributed by atoms with Crippen molar-refractivity contribution in [3.8, 4) is 11.4 Å². The van der Waals surface area contributed by atoms with Crippen LogP contribution in [0.2, 0.25) is 0 Å². The smallest absolute Gasteiger partial charge is 0.272 e. The Hall–Kier alpha value is -2.98. The molecule has 0 fully saturated rings. The topological polar surface area (TPSA) is 111 Å². The lowest BCUT2D eigenvalue weighted by Gasteiger charge is -2.08. The van der Waals surface area contributed by atoms with Crippen LogP contribution in [0.3, 0.4) is 0 Å². The molecule has 3 rings (SSSR count). The largest absolute Gasteiger partial charge is 0.345 e. The van der Waals surface area contributed by atoms with Crippen molar-refractivity contribution < 1.29 is 13.2 Å². The molecule has 0 aliphatic rings. The Morgan fingerprint density at radius 1 is 1.26 bits per heavy atom. The molecule has 0 unspecified atom stereocenters. The molecule has 27 heavy (non-hydrogen) atoms. The minimum atomic E-state index is -3.62. The molecule has 0 saturated heterocycles. The maximum atomic E-state index is 12.6. The van der Waals surface area contributed by atoms with Gasteiger partial charge in [0.15, 0.2) is 5.82 Å². The van der Waals surface area contributed by atoms with E-state index in [0.717, 1.165) is 12.1 Å². The molecule has 2 N–H and O–H groups in total. The van der Waals surface area contributed by atoms with Gasteiger partial charge in [0, 0.05) is 31.0 Å². The van der Waals surface area contributed by atoms with Crippen LogP contribution in [-0.4, -0.2) is 40.7 Å². The fourth-order valence-electron chi connectivity index (χ4n) is 2.67. The molecule has 0 atom stereocenters. The Labute approximate surface area is 157 Å². The van der Waals surface area contributed by atoms with Gasteiger partial charge in [-0.15, -0.1) is 10.2 Å². The lowest BCUT2D eigenvalue weighted by Crippen LogP contribution is -2.18. The van der Waals surface area contributed by atoms with Crippen LogP contribution in [0.15, 0.2) is 47.8 Å². The van der Waals surface area contributed by atoms with Gasteiger partial charge in [-0.1, -0.05) is 12.1 Å². The SMILES string of the molecule is CCn1cnnc1-c1cccc(NC(=O)c2cc(S(=O)(=O)NC)cn2C)c1. The summed E-state index contributed by atoms with van der Waals surface area (Å²) in [6.45, 7) is 2.72. The van der Waals surface area contributed by atoms with E-state index in [-0.39, 0.29) is 10.6 Å². The predicted molar refractivity (Wildman–Crippen MR) is 101 cm³/mol. The zero-order valence-corrected chi connectivity index (χ0v) is 16.0. The minimum Gasteiger partial charge on any atom is -0.345 e. The van der Waals surface area contributed by atoms with Crippen LogP contribution in [-0.2, 0) is 23.6 Å². The number of sulfonamides is 1. The van der Waals surface area contributed by atoms with Crippen molar-refractivity contribution in [1.29, 1.82) is 0 Å². The van der Waals surface area contributed by atoms with Crippen LogP contribution in [0.5, 0.6) is 0 Å². The number of rotatable bonds is 6. The fraction of sp³-hybridized carbons (Fsp3) is 0.235. The molecule has 0 radical (unpaired) electrons. The van der Waals surface area contributed by atoms with Crippen LogP contribution >= 0.6 is 0 Å². The number of nitrogens with one attached hydrogen (secondary N) is 2. The van der Waals surface area contributed by atoms with E-state index in [1.807, 2.05) is 23.6 Å². The Morgan fingerprint density at radius 3 is 2.74 bits per heavy atom. The van der Waals surface area contributed by atoms with Gasteiger partial charge in [0.1, 0.15) is 16.9 Å². The van der Waals surface area contributed by atoms with Crippen molar-refractivity contribution in [2.75, 3.05) is 12.4 Å². The quantitative estimate of drug-likeness (QED) is 0.664. The van der Waals surface area contributed by atoms with Crippen molar-refractivity contribution in [2.45, 2.75) is 18.4 Å². The molecule has 0 spiro atoms. The van der Waals surface area contributed by atoms with Crippen LogP contribution in [0.4, 0.5) is 5.69 Å². The van der Waals surface area contributed by atoms with Crippen molar-refractivity contribution in [3.05, 3.63) is 48.5 Å². The highest BCUT2D eigenvalue weighted by Gasteiger charge is 2.19. The van der Waals surface area contributed by atoms with E-state index in [0.29, 0.717) is 11.5 Å². The lowest BCUT2D eigenvalue weighted by molar-refractivity contribution is 0.101. The minimum absolute atomic E-state index is 0.0300. The normalized spacial score (nSPS) is 11.5. The molecule has 1 aromatic carbocycles. The van der Waals surface area contributed by atoms with Crippen molar-refractivity contribution in [3.63, 3.8) is 0 Å². The van der Waals surface area contributed by atoms with Crippen LogP contribution in [0.25, 0.3) is 11.4 Å². The average Bonchev–Trinajstić information content (AvgIpc) is 3.28. The third-order valence-corrected chi connectivity index (χ3v) is 5.51. The summed E-state index contributed by atoms with van der Waals surface area (Å²) in [7, 11) is -0.682. The van der Waals surface area contributed by atoms with Crippen LogP contribution in [0.1, 0.15) is 17.4 Å². The molecule has 0 saturated carbocycles. The van der Waals surface area contributed by atoms with E-state index in [1.165, 1.54) is 23.9 Å². The van der Waals surface area contributed by atoms with Gasteiger partial charge in [0.05, 0.1) is 0 Å². The second-order valence-electron chi connectivity index (χ2n) is 5.86. The van der Waals surface area contributed by atoms with E-state index >= 15 is 0 Å². The summed E-state index contributed by atoms with van der Waals surface area (Å²) < 4.78 is 29.4. The number of anilines is 1. The highest BCUT2D eigenvalue weighted by Crippen LogP contribution is 2.22. The molecule has 0 aliphatic heterocycles. The second-order valence-corrected chi connectivity index (χ2v) is 7.74. The first-order valence-corrected chi connectivity index (χ1v) is 9.73. The number of carbonyl (C=O) groups excluding carboxylic acids is 1. The van der Waals surface area contributed by atoms with Crippen LogP contribution in [0, 0.1) is 0 Å². The van der Waals surface area contributed by atoms with Gasteiger partial charge in [-0.3, -0.25) is 4.79 Å². The second kappa shape index (κ2) is 7.33. The number of carbonyl (C=O) groups is 1. The molecular formula is C17H20N6O3S. The maximum Gasteiger partial charge on any atom is 0.272 e. The lowest BCUT2D eigenvalue weighted by atomic mass is 10.2. The Bertz CT molecular complexity index is 1080. The number of amides is 1. The summed E-state index contributed by atoms with van der Waals surface area (Å²) in [5.74, 6) is 0.291. The summed E-state index contributed by atoms with van der Waals surface area (Å²) in [6.07, 6.45) is 3.04. The van der Waals surface area contributed by atoms with Gasteiger partial charge < -0.3 is 14.5 Å². The van der Waals surface area contributed by atoms with Gasteiger partial charge in [-0.2, -0.15) is 0 Å². The highest BCUT2D eigenvalue weighted by atomic mass is 32.2. The fourth-order valence-corrected chi connectivity index (χ4v) is 3.47. The number of hydrogen-bond acceptors (Lipinski definition) is 5. The Balaban J connectivity index is 1.86. The molecule has 2 heterocycles. The van der Waals surface area contributed by atoms with Gasteiger partial charge in [0.2, 0.25) is 10.0 Å². The van der Waals surface area contributed by atoms with E-state index < -0.39 is 15.9 Å². The Kier molecular flexibility index (Phi) is 5.10. The summed E-state index contributed by atoms with van der Waals surface area (Å²) >= 11 is 0. The van der Waals surface area contributed by atoms with Crippen LogP contribution < -0.4 is 10.0 Å². The molecule has 0 aliphatic carbocycles. The zero-order chi connectivity index (χ0) is 19.6.